The van der Waals surface area contributed by atoms with E-state index in [1.54, 1.807) is 7.11 Å². The van der Waals surface area contributed by atoms with Crippen molar-refractivity contribution >= 4 is 35.6 Å². The molecule has 0 spiro atoms. The van der Waals surface area contributed by atoms with Gasteiger partial charge in [0, 0.05) is 11.3 Å². The predicted octanol–water partition coefficient (Wildman–Crippen LogP) is 3.03. The SMILES string of the molecule is COc1ccc(NC(N)=NCc2cccc(-c3ncn[nH]3)c2)cc1.I. The second-order valence-corrected chi connectivity index (χ2v) is 5.09. The third-order valence-electron chi connectivity index (χ3n) is 3.41. The van der Waals surface area contributed by atoms with E-state index in [1.807, 2.05) is 48.5 Å². The number of halogens is 1. The summed E-state index contributed by atoms with van der Waals surface area (Å²) < 4.78 is 5.12. The summed E-state index contributed by atoms with van der Waals surface area (Å²) in [6, 6.07) is 15.4. The molecule has 0 amide bonds. The van der Waals surface area contributed by atoms with Crippen LogP contribution in [0.2, 0.25) is 0 Å². The standard InChI is InChI=1S/C17H18N6O.HI/c1-24-15-7-5-14(6-8-15)22-17(18)19-10-12-3-2-4-13(9-12)16-20-11-21-23-16;/h2-9,11H,10H2,1H3,(H3,18,19,22)(H,20,21,23);1H. The van der Waals surface area contributed by atoms with Gasteiger partial charge in [-0.3, -0.25) is 5.10 Å². The zero-order valence-electron chi connectivity index (χ0n) is 13.6. The molecular formula is C17H19IN6O. The summed E-state index contributed by atoms with van der Waals surface area (Å²) in [7, 11) is 1.63. The molecule has 0 saturated carbocycles. The van der Waals surface area contributed by atoms with Crippen molar-refractivity contribution in [2.45, 2.75) is 6.54 Å². The molecule has 0 aliphatic rings. The molecule has 0 bridgehead atoms. The highest BCUT2D eigenvalue weighted by atomic mass is 127. The largest absolute Gasteiger partial charge is 0.497 e. The number of benzene rings is 2. The second kappa shape index (κ2) is 9.02. The zero-order valence-corrected chi connectivity index (χ0v) is 16.0. The number of nitrogens with two attached hydrogens (primary N) is 1. The van der Waals surface area contributed by atoms with E-state index in [4.69, 9.17) is 10.5 Å². The van der Waals surface area contributed by atoms with Crippen molar-refractivity contribution in [2.75, 3.05) is 12.4 Å². The number of methoxy groups -OCH3 is 1. The van der Waals surface area contributed by atoms with Gasteiger partial charge in [0.25, 0.3) is 0 Å². The lowest BCUT2D eigenvalue weighted by atomic mass is 10.1. The summed E-state index contributed by atoms with van der Waals surface area (Å²) in [5, 5.41) is 9.75. The number of anilines is 1. The molecule has 0 atom stereocenters. The van der Waals surface area contributed by atoms with Gasteiger partial charge in [0.2, 0.25) is 0 Å². The van der Waals surface area contributed by atoms with Crippen LogP contribution in [0, 0.1) is 0 Å². The first-order chi connectivity index (χ1) is 11.7. The number of rotatable bonds is 5. The number of guanidine groups is 1. The van der Waals surface area contributed by atoms with Gasteiger partial charge in [0.15, 0.2) is 11.8 Å². The smallest absolute Gasteiger partial charge is 0.193 e. The lowest BCUT2D eigenvalue weighted by Crippen LogP contribution is -2.22. The number of nitrogens with one attached hydrogen (secondary N) is 2. The molecule has 0 unspecified atom stereocenters. The van der Waals surface area contributed by atoms with E-state index in [2.05, 4.69) is 25.5 Å². The number of aliphatic imine (C=N–C) groups is 1. The van der Waals surface area contributed by atoms with Gasteiger partial charge in [-0.25, -0.2) is 9.98 Å². The quantitative estimate of drug-likeness (QED) is 0.315. The maximum atomic E-state index is 5.94. The Morgan fingerprint density at radius 2 is 2.04 bits per heavy atom. The summed E-state index contributed by atoms with van der Waals surface area (Å²) in [5.41, 5.74) is 8.78. The molecule has 25 heavy (non-hydrogen) atoms. The number of aromatic nitrogens is 3. The van der Waals surface area contributed by atoms with Crippen LogP contribution in [0.15, 0.2) is 59.9 Å². The van der Waals surface area contributed by atoms with Crippen molar-refractivity contribution in [3.63, 3.8) is 0 Å². The van der Waals surface area contributed by atoms with E-state index in [0.29, 0.717) is 12.5 Å². The van der Waals surface area contributed by atoms with Crippen molar-refractivity contribution in [3.8, 4) is 17.1 Å². The molecule has 0 radical (unpaired) electrons. The molecule has 0 fully saturated rings. The third-order valence-corrected chi connectivity index (χ3v) is 3.41. The first-order valence-corrected chi connectivity index (χ1v) is 7.40. The van der Waals surface area contributed by atoms with Crippen LogP contribution in [0.5, 0.6) is 5.75 Å². The lowest BCUT2D eigenvalue weighted by molar-refractivity contribution is 0.415. The summed E-state index contributed by atoms with van der Waals surface area (Å²) >= 11 is 0. The predicted molar refractivity (Wildman–Crippen MR) is 109 cm³/mol. The van der Waals surface area contributed by atoms with Crippen LogP contribution in [0.4, 0.5) is 5.69 Å². The highest BCUT2D eigenvalue weighted by Crippen LogP contribution is 2.17. The Labute approximate surface area is 162 Å². The molecule has 0 aliphatic heterocycles. The van der Waals surface area contributed by atoms with Crippen molar-refractivity contribution in [2.24, 2.45) is 10.7 Å². The van der Waals surface area contributed by atoms with Crippen molar-refractivity contribution in [3.05, 3.63) is 60.4 Å². The maximum Gasteiger partial charge on any atom is 0.193 e. The Hall–Kier alpha value is -2.62. The van der Waals surface area contributed by atoms with Crippen LogP contribution in [-0.2, 0) is 6.54 Å². The van der Waals surface area contributed by atoms with Crippen LogP contribution in [0.3, 0.4) is 0 Å². The van der Waals surface area contributed by atoms with E-state index in [0.717, 1.165) is 28.4 Å². The average Bonchev–Trinajstić information content (AvgIpc) is 3.16. The normalized spacial score (nSPS) is 10.8. The Balaban J connectivity index is 0.00000225. The lowest BCUT2D eigenvalue weighted by Gasteiger charge is -2.07. The topological polar surface area (TPSA) is 101 Å². The van der Waals surface area contributed by atoms with Gasteiger partial charge >= 0.3 is 0 Å². The van der Waals surface area contributed by atoms with Gasteiger partial charge in [-0.15, -0.1) is 24.0 Å². The van der Waals surface area contributed by atoms with Gasteiger partial charge in [0.05, 0.1) is 13.7 Å². The third kappa shape index (κ3) is 5.18. The number of hydrogen-bond donors (Lipinski definition) is 3. The molecule has 0 saturated heterocycles. The number of hydrogen-bond acceptors (Lipinski definition) is 4. The minimum absolute atomic E-state index is 0. The summed E-state index contributed by atoms with van der Waals surface area (Å²) in [4.78, 5) is 8.50. The molecule has 7 nitrogen and oxygen atoms in total. The van der Waals surface area contributed by atoms with Crippen molar-refractivity contribution in [1.82, 2.24) is 15.2 Å². The van der Waals surface area contributed by atoms with Crippen molar-refractivity contribution < 1.29 is 4.74 Å². The fourth-order valence-corrected chi connectivity index (χ4v) is 2.20. The van der Waals surface area contributed by atoms with Crippen LogP contribution >= 0.6 is 24.0 Å². The highest BCUT2D eigenvalue weighted by Gasteiger charge is 2.02. The minimum Gasteiger partial charge on any atom is -0.497 e. The summed E-state index contributed by atoms with van der Waals surface area (Å²) in [6.45, 7) is 0.469. The van der Waals surface area contributed by atoms with Crippen molar-refractivity contribution in [1.29, 1.82) is 0 Å². The fraction of sp³-hybridized carbons (Fsp3) is 0.118. The number of nitrogens with zero attached hydrogens (tertiary/aromatic N) is 3. The van der Waals surface area contributed by atoms with E-state index < -0.39 is 0 Å². The summed E-state index contributed by atoms with van der Waals surface area (Å²) in [5.74, 6) is 1.87. The monoisotopic (exact) mass is 450 g/mol. The highest BCUT2D eigenvalue weighted by molar-refractivity contribution is 14.0. The van der Waals surface area contributed by atoms with E-state index in [1.165, 1.54) is 6.33 Å². The average molecular weight is 450 g/mol. The molecule has 3 aromatic rings. The molecular weight excluding hydrogens is 431 g/mol. The van der Waals surface area contributed by atoms with Crippen LogP contribution in [0.1, 0.15) is 5.56 Å². The second-order valence-electron chi connectivity index (χ2n) is 5.09. The van der Waals surface area contributed by atoms with Gasteiger partial charge in [-0.1, -0.05) is 18.2 Å². The Morgan fingerprint density at radius 1 is 1.24 bits per heavy atom. The van der Waals surface area contributed by atoms with Crippen LogP contribution in [-0.4, -0.2) is 28.3 Å². The molecule has 8 heteroatoms. The fourth-order valence-electron chi connectivity index (χ4n) is 2.20. The zero-order chi connectivity index (χ0) is 16.8. The maximum absolute atomic E-state index is 5.94. The van der Waals surface area contributed by atoms with E-state index in [-0.39, 0.29) is 24.0 Å². The van der Waals surface area contributed by atoms with Gasteiger partial charge in [-0.05, 0) is 35.9 Å². The molecule has 0 aliphatic carbocycles. The van der Waals surface area contributed by atoms with Crippen LogP contribution < -0.4 is 15.8 Å². The van der Waals surface area contributed by atoms with Gasteiger partial charge < -0.3 is 15.8 Å². The molecule has 130 valence electrons. The number of H-pyrrole nitrogens is 1. The molecule has 2 aromatic carbocycles. The Bertz CT molecular complexity index is 817. The molecule has 1 heterocycles. The van der Waals surface area contributed by atoms with E-state index in [9.17, 15) is 0 Å². The minimum atomic E-state index is 0. The number of aromatic amines is 1. The molecule has 3 rings (SSSR count). The van der Waals surface area contributed by atoms with Gasteiger partial charge in [-0.2, -0.15) is 5.10 Å². The van der Waals surface area contributed by atoms with E-state index >= 15 is 0 Å². The summed E-state index contributed by atoms with van der Waals surface area (Å²) in [6.07, 6.45) is 1.48. The van der Waals surface area contributed by atoms with Crippen LogP contribution in [0.25, 0.3) is 11.4 Å². The number of ether oxygens (including phenoxy) is 1. The molecule has 1 aromatic heterocycles. The Morgan fingerprint density at radius 3 is 2.72 bits per heavy atom. The first kappa shape index (κ1) is 18.7. The Kier molecular flexibility index (Phi) is 6.75. The first-order valence-electron chi connectivity index (χ1n) is 7.40. The molecule has 4 N–H and O–H groups in total. The van der Waals surface area contributed by atoms with Gasteiger partial charge in [0.1, 0.15) is 12.1 Å².